The molecule has 0 atom stereocenters. The van der Waals surface area contributed by atoms with Crippen LogP contribution < -0.4 is 0 Å². The fraction of sp³-hybridized carbons (Fsp3) is 0.182. The van der Waals surface area contributed by atoms with E-state index < -0.39 is 0 Å². The van der Waals surface area contributed by atoms with E-state index in [1.807, 2.05) is 42.5 Å². The Labute approximate surface area is 77.8 Å². The summed E-state index contributed by atoms with van der Waals surface area (Å²) < 4.78 is 4.41. The summed E-state index contributed by atoms with van der Waals surface area (Å²) in [7, 11) is 0. The number of hydrogen-bond acceptors (Lipinski definition) is 2. The van der Waals surface area contributed by atoms with Crippen molar-refractivity contribution in [1.29, 1.82) is 0 Å². The minimum Gasteiger partial charge on any atom is -0.457 e. The molecule has 0 bridgehead atoms. The van der Waals surface area contributed by atoms with Crippen molar-refractivity contribution in [3.63, 3.8) is 0 Å². The van der Waals surface area contributed by atoms with Crippen LogP contribution in [0.1, 0.15) is 12.0 Å². The van der Waals surface area contributed by atoms with Gasteiger partial charge in [-0.3, -0.25) is 0 Å². The van der Waals surface area contributed by atoms with Crippen LogP contribution in [0.4, 0.5) is 0 Å². The molecular formula is C11H11O2. The Balaban J connectivity index is 2.28. The van der Waals surface area contributed by atoms with Gasteiger partial charge in [-0.25, -0.2) is 4.79 Å². The summed E-state index contributed by atoms with van der Waals surface area (Å²) in [5.41, 5.74) is 1.15. The van der Waals surface area contributed by atoms with E-state index >= 15 is 0 Å². The van der Waals surface area contributed by atoms with E-state index in [0.717, 1.165) is 12.0 Å². The fourth-order valence-electron chi connectivity index (χ4n) is 0.952. The predicted molar refractivity (Wildman–Crippen MR) is 51.7 cm³/mol. The van der Waals surface area contributed by atoms with E-state index in [9.17, 15) is 4.79 Å². The molecule has 0 aliphatic heterocycles. The van der Waals surface area contributed by atoms with Crippen molar-refractivity contribution in [2.45, 2.75) is 6.42 Å². The Hall–Kier alpha value is -1.57. The van der Waals surface area contributed by atoms with Crippen LogP contribution in [0, 0.1) is 0 Å². The maximum absolute atomic E-state index is 9.67. The first-order valence-electron chi connectivity index (χ1n) is 4.14. The average Bonchev–Trinajstić information content (AvgIpc) is 2.19. The monoisotopic (exact) mass is 175 g/mol. The number of ether oxygens (including phenoxy) is 1. The molecule has 0 aliphatic rings. The number of carbonyl (C=O) groups excluding carboxylic acids is 1. The van der Waals surface area contributed by atoms with Crippen LogP contribution in [-0.2, 0) is 9.53 Å². The summed E-state index contributed by atoms with van der Waals surface area (Å²) in [6.07, 6.45) is 4.69. The Morgan fingerprint density at radius 1 is 1.31 bits per heavy atom. The highest BCUT2D eigenvalue weighted by Crippen LogP contribution is 2.01. The van der Waals surface area contributed by atoms with Crippen molar-refractivity contribution in [2.75, 3.05) is 6.61 Å². The van der Waals surface area contributed by atoms with Crippen LogP contribution in [0.5, 0.6) is 0 Å². The van der Waals surface area contributed by atoms with E-state index in [1.54, 1.807) is 0 Å². The van der Waals surface area contributed by atoms with Gasteiger partial charge in [0.25, 0.3) is 0 Å². The second-order valence-electron chi connectivity index (χ2n) is 2.53. The molecule has 1 radical (unpaired) electrons. The predicted octanol–water partition coefficient (Wildman–Crippen LogP) is 2.17. The summed E-state index contributed by atoms with van der Waals surface area (Å²) in [5, 5.41) is 0. The summed E-state index contributed by atoms with van der Waals surface area (Å²) in [6.45, 7) is 1.78. The van der Waals surface area contributed by atoms with E-state index in [1.165, 1.54) is 6.47 Å². The minimum absolute atomic E-state index is 0.396. The zero-order valence-corrected chi connectivity index (χ0v) is 7.27. The Bertz CT molecular complexity index is 265. The molecule has 0 fully saturated rings. The van der Waals surface area contributed by atoms with Gasteiger partial charge in [0.15, 0.2) is 0 Å². The molecule has 2 nitrogen and oxygen atoms in total. The van der Waals surface area contributed by atoms with Crippen LogP contribution in [0.15, 0.2) is 36.4 Å². The third kappa shape index (κ3) is 4.11. The normalized spacial score (nSPS) is 10.2. The molecule has 0 aromatic heterocycles. The molecule has 0 saturated heterocycles. The van der Waals surface area contributed by atoms with Crippen LogP contribution in [0.3, 0.4) is 0 Å². The molecule has 13 heavy (non-hydrogen) atoms. The lowest BCUT2D eigenvalue weighted by Gasteiger charge is -1.92. The van der Waals surface area contributed by atoms with Crippen LogP contribution in [0.25, 0.3) is 6.08 Å². The van der Waals surface area contributed by atoms with Gasteiger partial charge in [-0.05, 0) is 12.0 Å². The van der Waals surface area contributed by atoms with Crippen molar-refractivity contribution in [1.82, 2.24) is 0 Å². The average molecular weight is 175 g/mol. The Morgan fingerprint density at radius 2 is 2.08 bits per heavy atom. The second kappa shape index (κ2) is 6.00. The molecule has 0 N–H and O–H groups in total. The topological polar surface area (TPSA) is 26.3 Å². The van der Waals surface area contributed by atoms with Gasteiger partial charge < -0.3 is 4.74 Å². The molecule has 1 aromatic carbocycles. The van der Waals surface area contributed by atoms with Crippen molar-refractivity contribution in [3.05, 3.63) is 42.0 Å². The van der Waals surface area contributed by atoms with Crippen LogP contribution in [0.2, 0.25) is 0 Å². The molecule has 1 aromatic rings. The van der Waals surface area contributed by atoms with Gasteiger partial charge in [0.2, 0.25) is 0 Å². The van der Waals surface area contributed by atoms with E-state index in [4.69, 9.17) is 0 Å². The first kappa shape index (κ1) is 9.52. The van der Waals surface area contributed by atoms with Gasteiger partial charge in [0.05, 0.1) is 6.61 Å². The van der Waals surface area contributed by atoms with Gasteiger partial charge in [0.1, 0.15) is 0 Å². The molecule has 0 saturated carbocycles. The molecule has 1 rings (SSSR count). The number of hydrogen-bond donors (Lipinski definition) is 0. The van der Waals surface area contributed by atoms with E-state index in [2.05, 4.69) is 4.74 Å². The number of benzene rings is 1. The molecule has 67 valence electrons. The molecule has 0 unspecified atom stereocenters. The quantitative estimate of drug-likeness (QED) is 0.641. The first-order valence-corrected chi connectivity index (χ1v) is 4.14. The van der Waals surface area contributed by atoms with E-state index in [0.29, 0.717) is 6.61 Å². The van der Waals surface area contributed by atoms with Gasteiger partial charge in [-0.1, -0.05) is 42.5 Å². The Morgan fingerprint density at radius 3 is 2.77 bits per heavy atom. The smallest absolute Gasteiger partial charge is 0.417 e. The zero-order chi connectivity index (χ0) is 9.36. The molecule has 2 heteroatoms. The lowest BCUT2D eigenvalue weighted by molar-refractivity contribution is 0.284. The van der Waals surface area contributed by atoms with Gasteiger partial charge >= 0.3 is 6.47 Å². The highest BCUT2D eigenvalue weighted by atomic mass is 16.5. The maximum Gasteiger partial charge on any atom is 0.417 e. The highest BCUT2D eigenvalue weighted by Gasteiger charge is 1.83. The first-order chi connectivity index (χ1) is 6.43. The van der Waals surface area contributed by atoms with Crippen molar-refractivity contribution in [3.8, 4) is 0 Å². The van der Waals surface area contributed by atoms with Crippen LogP contribution in [-0.4, -0.2) is 13.1 Å². The summed E-state index contributed by atoms with van der Waals surface area (Å²) in [6, 6.07) is 9.97. The van der Waals surface area contributed by atoms with Gasteiger partial charge in [0, 0.05) is 0 Å². The van der Waals surface area contributed by atoms with Crippen LogP contribution >= 0.6 is 0 Å². The third-order valence-electron chi connectivity index (χ3n) is 1.56. The van der Waals surface area contributed by atoms with E-state index in [-0.39, 0.29) is 0 Å². The molecule has 0 spiro atoms. The largest absolute Gasteiger partial charge is 0.457 e. The van der Waals surface area contributed by atoms with Crippen molar-refractivity contribution < 1.29 is 9.53 Å². The lowest BCUT2D eigenvalue weighted by atomic mass is 10.2. The molecule has 0 amide bonds. The summed E-state index contributed by atoms with van der Waals surface area (Å²) in [5.74, 6) is 0. The standard InChI is InChI=1S/C11H11O2/c12-10-13-9-5-4-8-11-6-2-1-3-7-11/h1-4,6-8H,5,9H2. The minimum atomic E-state index is 0.396. The van der Waals surface area contributed by atoms with Gasteiger partial charge in [-0.15, -0.1) is 0 Å². The SMILES string of the molecule is O=[C]OCCC=Cc1ccccc1. The fourth-order valence-corrected chi connectivity index (χ4v) is 0.952. The second-order valence-corrected chi connectivity index (χ2v) is 2.53. The maximum atomic E-state index is 9.67. The van der Waals surface area contributed by atoms with Gasteiger partial charge in [-0.2, -0.15) is 0 Å². The summed E-state index contributed by atoms with van der Waals surface area (Å²) in [4.78, 5) is 9.67. The molecule has 0 heterocycles. The molecular weight excluding hydrogens is 164 g/mol. The van der Waals surface area contributed by atoms with Crippen molar-refractivity contribution in [2.24, 2.45) is 0 Å². The lowest BCUT2D eigenvalue weighted by Crippen LogP contribution is -1.87. The third-order valence-corrected chi connectivity index (χ3v) is 1.56. The summed E-state index contributed by atoms with van der Waals surface area (Å²) >= 11 is 0. The number of rotatable bonds is 5. The molecule has 0 aliphatic carbocycles. The zero-order valence-electron chi connectivity index (χ0n) is 7.27. The highest BCUT2D eigenvalue weighted by molar-refractivity contribution is 5.48. The van der Waals surface area contributed by atoms with Crippen molar-refractivity contribution >= 4 is 12.5 Å². The Kier molecular flexibility index (Phi) is 4.39.